The molecular weight excluding hydrogens is 264 g/mol. The first-order chi connectivity index (χ1) is 9.36. The molecule has 0 radical (unpaired) electrons. The van der Waals surface area contributed by atoms with Gasteiger partial charge >= 0.3 is 5.97 Å². The van der Waals surface area contributed by atoms with E-state index in [0.29, 0.717) is 11.1 Å². The normalized spacial score (nSPS) is 9.95. The van der Waals surface area contributed by atoms with Gasteiger partial charge in [-0.2, -0.15) is 0 Å². The summed E-state index contributed by atoms with van der Waals surface area (Å²) in [5.74, 6) is -0.689. The molecular formula is C13H16N2O5. The predicted octanol–water partition coefficient (Wildman–Crippen LogP) is 1.54. The lowest BCUT2D eigenvalue weighted by Crippen LogP contribution is -2.29. The van der Waals surface area contributed by atoms with Gasteiger partial charge in [0.25, 0.3) is 11.6 Å². The lowest BCUT2D eigenvalue weighted by Gasteiger charge is -2.17. The molecule has 0 aromatic heterocycles. The molecule has 0 unspecified atom stereocenters. The SMILES string of the molecule is COC(=O)CCN(C)C(=O)c1ccc([N+](=O)[O-])cc1C. The van der Waals surface area contributed by atoms with Gasteiger partial charge in [-0.05, 0) is 18.6 Å². The van der Waals surface area contributed by atoms with Gasteiger partial charge in [0.2, 0.25) is 0 Å². The van der Waals surface area contributed by atoms with Crippen molar-refractivity contribution < 1.29 is 19.2 Å². The van der Waals surface area contributed by atoms with Crippen molar-refractivity contribution in [2.45, 2.75) is 13.3 Å². The quantitative estimate of drug-likeness (QED) is 0.463. The summed E-state index contributed by atoms with van der Waals surface area (Å²) >= 11 is 0. The van der Waals surface area contributed by atoms with Crippen LogP contribution in [0.3, 0.4) is 0 Å². The monoisotopic (exact) mass is 280 g/mol. The molecule has 7 nitrogen and oxygen atoms in total. The minimum atomic E-state index is -0.512. The maximum absolute atomic E-state index is 12.2. The van der Waals surface area contributed by atoms with Crippen molar-refractivity contribution in [3.05, 3.63) is 39.4 Å². The van der Waals surface area contributed by atoms with E-state index in [4.69, 9.17) is 0 Å². The summed E-state index contributed by atoms with van der Waals surface area (Å²) in [4.78, 5) is 34.7. The number of aryl methyl sites for hydroxylation is 1. The third kappa shape index (κ3) is 3.78. The highest BCUT2D eigenvalue weighted by atomic mass is 16.6. The summed E-state index contributed by atoms with van der Waals surface area (Å²) in [7, 11) is 2.84. The number of ether oxygens (including phenoxy) is 1. The average molecular weight is 280 g/mol. The number of benzene rings is 1. The van der Waals surface area contributed by atoms with E-state index in [9.17, 15) is 19.7 Å². The van der Waals surface area contributed by atoms with Crippen LogP contribution >= 0.6 is 0 Å². The lowest BCUT2D eigenvalue weighted by molar-refractivity contribution is -0.384. The summed E-state index contributed by atoms with van der Waals surface area (Å²) < 4.78 is 4.50. The molecule has 0 N–H and O–H groups in total. The van der Waals surface area contributed by atoms with E-state index in [0.717, 1.165) is 0 Å². The number of carbonyl (C=O) groups is 2. The van der Waals surface area contributed by atoms with Crippen LogP contribution in [0.2, 0.25) is 0 Å². The molecule has 0 spiro atoms. The van der Waals surface area contributed by atoms with Gasteiger partial charge < -0.3 is 9.64 Å². The molecule has 0 aliphatic carbocycles. The number of nitro groups is 1. The van der Waals surface area contributed by atoms with Gasteiger partial charge in [0.05, 0.1) is 18.5 Å². The molecule has 0 bridgehead atoms. The Labute approximate surface area is 116 Å². The number of hydrogen-bond donors (Lipinski definition) is 0. The molecule has 1 aromatic rings. The highest BCUT2D eigenvalue weighted by molar-refractivity contribution is 5.95. The van der Waals surface area contributed by atoms with Gasteiger partial charge in [-0.15, -0.1) is 0 Å². The van der Waals surface area contributed by atoms with E-state index in [-0.39, 0.29) is 24.6 Å². The van der Waals surface area contributed by atoms with Crippen molar-refractivity contribution in [1.29, 1.82) is 0 Å². The second kappa shape index (κ2) is 6.65. The molecule has 108 valence electrons. The molecule has 0 fully saturated rings. The minimum absolute atomic E-state index is 0.0590. The second-order valence-electron chi connectivity index (χ2n) is 4.31. The first-order valence-electron chi connectivity index (χ1n) is 5.94. The third-order valence-electron chi connectivity index (χ3n) is 2.88. The highest BCUT2D eigenvalue weighted by Crippen LogP contribution is 2.18. The van der Waals surface area contributed by atoms with Gasteiger partial charge in [0, 0.05) is 31.3 Å². The number of amides is 1. The van der Waals surface area contributed by atoms with Crippen molar-refractivity contribution in [1.82, 2.24) is 4.90 Å². The summed E-state index contributed by atoms with van der Waals surface area (Å²) in [6.07, 6.45) is 0.102. The number of hydrogen-bond acceptors (Lipinski definition) is 5. The molecule has 0 saturated carbocycles. The van der Waals surface area contributed by atoms with Crippen LogP contribution in [0.1, 0.15) is 22.3 Å². The average Bonchev–Trinajstić information content (AvgIpc) is 2.43. The van der Waals surface area contributed by atoms with Crippen LogP contribution in [-0.4, -0.2) is 42.4 Å². The van der Waals surface area contributed by atoms with Crippen LogP contribution in [0.25, 0.3) is 0 Å². The van der Waals surface area contributed by atoms with Crippen molar-refractivity contribution in [2.75, 3.05) is 20.7 Å². The fourth-order valence-electron chi connectivity index (χ4n) is 1.67. The Kier molecular flexibility index (Phi) is 5.19. The Morgan fingerprint density at radius 3 is 2.55 bits per heavy atom. The largest absolute Gasteiger partial charge is 0.469 e. The topological polar surface area (TPSA) is 89.8 Å². The summed E-state index contributed by atoms with van der Waals surface area (Å²) in [5, 5.41) is 10.6. The zero-order valence-electron chi connectivity index (χ0n) is 11.6. The van der Waals surface area contributed by atoms with E-state index in [1.165, 1.54) is 30.2 Å². The molecule has 1 amide bonds. The first-order valence-corrected chi connectivity index (χ1v) is 5.94. The van der Waals surface area contributed by atoms with E-state index in [1.54, 1.807) is 14.0 Å². The van der Waals surface area contributed by atoms with Gasteiger partial charge in [-0.1, -0.05) is 0 Å². The Hall–Kier alpha value is -2.44. The number of rotatable bonds is 5. The first kappa shape index (κ1) is 15.6. The molecule has 0 heterocycles. The maximum atomic E-state index is 12.2. The smallest absolute Gasteiger partial charge is 0.307 e. The molecule has 1 aromatic carbocycles. The molecule has 0 saturated heterocycles. The van der Waals surface area contributed by atoms with Gasteiger partial charge in [-0.25, -0.2) is 0 Å². The minimum Gasteiger partial charge on any atom is -0.469 e. The van der Waals surface area contributed by atoms with Crippen LogP contribution in [0.5, 0.6) is 0 Å². The Balaban J connectivity index is 2.81. The second-order valence-corrected chi connectivity index (χ2v) is 4.31. The maximum Gasteiger partial charge on any atom is 0.307 e. The van der Waals surface area contributed by atoms with Crippen LogP contribution in [-0.2, 0) is 9.53 Å². The van der Waals surface area contributed by atoms with Gasteiger partial charge in [-0.3, -0.25) is 19.7 Å². The van der Waals surface area contributed by atoms with Crippen molar-refractivity contribution >= 4 is 17.6 Å². The predicted molar refractivity (Wildman–Crippen MR) is 71.4 cm³/mol. The zero-order chi connectivity index (χ0) is 15.3. The van der Waals surface area contributed by atoms with E-state index in [1.807, 2.05) is 0 Å². The number of esters is 1. The molecule has 20 heavy (non-hydrogen) atoms. The third-order valence-corrected chi connectivity index (χ3v) is 2.88. The van der Waals surface area contributed by atoms with Crippen molar-refractivity contribution in [3.8, 4) is 0 Å². The number of nitro benzene ring substituents is 1. The lowest BCUT2D eigenvalue weighted by atomic mass is 10.1. The van der Waals surface area contributed by atoms with E-state index >= 15 is 0 Å². The Bertz CT molecular complexity index is 542. The van der Waals surface area contributed by atoms with E-state index in [2.05, 4.69) is 4.74 Å². The van der Waals surface area contributed by atoms with Gasteiger partial charge in [0.15, 0.2) is 0 Å². The number of nitrogens with zero attached hydrogens (tertiary/aromatic N) is 2. The van der Waals surface area contributed by atoms with Crippen molar-refractivity contribution in [3.63, 3.8) is 0 Å². The summed E-state index contributed by atoms with van der Waals surface area (Å²) in [6, 6.07) is 4.06. The zero-order valence-corrected chi connectivity index (χ0v) is 11.6. The Morgan fingerprint density at radius 2 is 2.05 bits per heavy atom. The number of non-ortho nitro benzene ring substituents is 1. The number of carbonyl (C=O) groups excluding carboxylic acids is 2. The Morgan fingerprint density at radius 1 is 1.40 bits per heavy atom. The molecule has 1 rings (SSSR count). The fraction of sp³-hybridized carbons (Fsp3) is 0.385. The van der Waals surface area contributed by atoms with Crippen LogP contribution in [0, 0.1) is 17.0 Å². The van der Waals surface area contributed by atoms with Crippen LogP contribution < -0.4 is 0 Å². The molecule has 0 aliphatic heterocycles. The van der Waals surface area contributed by atoms with Crippen molar-refractivity contribution in [2.24, 2.45) is 0 Å². The number of methoxy groups -OCH3 is 1. The fourth-order valence-corrected chi connectivity index (χ4v) is 1.67. The molecule has 0 atom stereocenters. The van der Waals surface area contributed by atoms with E-state index < -0.39 is 10.9 Å². The van der Waals surface area contributed by atoms with Crippen LogP contribution in [0.15, 0.2) is 18.2 Å². The standard InChI is InChI=1S/C13H16N2O5/c1-9-8-10(15(18)19)4-5-11(9)13(17)14(2)7-6-12(16)20-3/h4-5,8H,6-7H2,1-3H3. The highest BCUT2D eigenvalue weighted by Gasteiger charge is 2.17. The van der Waals surface area contributed by atoms with Crippen LogP contribution in [0.4, 0.5) is 5.69 Å². The summed E-state index contributed by atoms with van der Waals surface area (Å²) in [5.41, 5.74) is 0.841. The van der Waals surface area contributed by atoms with Gasteiger partial charge in [0.1, 0.15) is 0 Å². The molecule has 7 heteroatoms. The summed E-state index contributed by atoms with van der Waals surface area (Å²) in [6.45, 7) is 1.86. The molecule has 0 aliphatic rings.